The molecular formula is C10H8O3S. The van der Waals surface area contributed by atoms with Gasteiger partial charge in [0.1, 0.15) is 10.7 Å². The Hall–Kier alpha value is -1.42. The Labute approximate surface area is 83.5 Å². The second-order valence-corrected chi connectivity index (χ2v) is 4.38. The third-order valence-electron chi connectivity index (χ3n) is 2.06. The highest BCUT2D eigenvalue weighted by molar-refractivity contribution is 7.90. The summed E-state index contributed by atoms with van der Waals surface area (Å²) < 4.78 is 11.7. The highest BCUT2D eigenvalue weighted by atomic mass is 32.2. The van der Waals surface area contributed by atoms with E-state index in [1.54, 1.807) is 24.3 Å². The molecule has 1 unspecified atom stereocenters. The van der Waals surface area contributed by atoms with Crippen LogP contribution in [0.4, 0.5) is 0 Å². The molecule has 3 nitrogen and oxygen atoms in total. The molecule has 0 saturated carbocycles. The van der Waals surface area contributed by atoms with E-state index >= 15 is 0 Å². The van der Waals surface area contributed by atoms with Gasteiger partial charge in [0.2, 0.25) is 0 Å². The number of hydrogen-bond acceptors (Lipinski definition) is 3. The largest absolute Gasteiger partial charge is 0.506 e. The monoisotopic (exact) mass is 208 g/mol. The second kappa shape index (κ2) is 3.06. The number of carbonyl (C=O) groups is 1. The highest BCUT2D eigenvalue weighted by Gasteiger charge is 2.30. The summed E-state index contributed by atoms with van der Waals surface area (Å²) in [4.78, 5) is 11.6. The third kappa shape index (κ3) is 1.11. The number of fused-ring (bicyclic) bond motifs is 1. The molecule has 0 fully saturated rings. The maximum Gasteiger partial charge on any atom is 0.172 e. The first-order valence-electron chi connectivity index (χ1n) is 4.08. The average Bonchev–Trinajstić information content (AvgIpc) is 2.41. The molecule has 1 atom stereocenters. The lowest BCUT2D eigenvalue weighted by Crippen LogP contribution is -2.01. The van der Waals surface area contributed by atoms with Crippen molar-refractivity contribution >= 4 is 22.3 Å². The molecule has 1 aliphatic heterocycles. The van der Waals surface area contributed by atoms with Gasteiger partial charge >= 0.3 is 0 Å². The Morgan fingerprint density at radius 2 is 2.00 bits per heavy atom. The van der Waals surface area contributed by atoms with Gasteiger partial charge in [-0.25, -0.2) is 4.21 Å². The minimum atomic E-state index is -1.52. The van der Waals surface area contributed by atoms with Crippen LogP contribution in [-0.2, 0) is 15.6 Å². The van der Waals surface area contributed by atoms with Gasteiger partial charge in [-0.3, -0.25) is 4.79 Å². The summed E-state index contributed by atoms with van der Waals surface area (Å²) in [5, 5.41) is 9.65. The number of rotatable bonds is 1. The predicted molar refractivity (Wildman–Crippen MR) is 53.1 cm³/mol. The normalized spacial score (nSPS) is 19.6. The lowest BCUT2D eigenvalue weighted by molar-refractivity contribution is -0.113. The van der Waals surface area contributed by atoms with Crippen molar-refractivity contribution in [1.82, 2.24) is 0 Å². The molecule has 0 spiro atoms. The van der Waals surface area contributed by atoms with Crippen LogP contribution in [0.2, 0.25) is 0 Å². The zero-order chi connectivity index (χ0) is 10.3. The number of carbonyl (C=O) groups excluding carboxylic acids is 1. The van der Waals surface area contributed by atoms with E-state index in [9.17, 15) is 14.1 Å². The Morgan fingerprint density at radius 1 is 1.36 bits per heavy atom. The first-order chi connectivity index (χ1) is 6.63. The number of Topliss-reactive ketones (excluding diaryl/α,β-unsaturated/α-hetero) is 1. The summed E-state index contributed by atoms with van der Waals surface area (Å²) in [5.41, 5.74) is 0.496. The van der Waals surface area contributed by atoms with Crippen LogP contribution in [-0.4, -0.2) is 15.1 Å². The van der Waals surface area contributed by atoms with Crippen LogP contribution in [0, 0.1) is 0 Å². The van der Waals surface area contributed by atoms with Gasteiger partial charge in [-0.1, -0.05) is 12.1 Å². The summed E-state index contributed by atoms with van der Waals surface area (Å²) in [5.74, 6) is -0.497. The van der Waals surface area contributed by atoms with Crippen LogP contribution in [0.15, 0.2) is 34.1 Å². The van der Waals surface area contributed by atoms with Gasteiger partial charge in [-0.15, -0.1) is 0 Å². The fourth-order valence-corrected chi connectivity index (χ4v) is 2.77. The van der Waals surface area contributed by atoms with Crippen LogP contribution in [0.25, 0.3) is 5.76 Å². The van der Waals surface area contributed by atoms with E-state index in [0.29, 0.717) is 10.5 Å². The van der Waals surface area contributed by atoms with E-state index in [1.165, 1.54) is 6.92 Å². The molecule has 0 aromatic heterocycles. The lowest BCUT2D eigenvalue weighted by Gasteiger charge is -1.95. The molecule has 0 saturated heterocycles. The van der Waals surface area contributed by atoms with Gasteiger partial charge < -0.3 is 5.11 Å². The number of hydrogen-bond donors (Lipinski definition) is 1. The minimum absolute atomic E-state index is 0.00574. The molecule has 0 radical (unpaired) electrons. The smallest absolute Gasteiger partial charge is 0.172 e. The van der Waals surface area contributed by atoms with E-state index in [1.807, 2.05) is 0 Å². The summed E-state index contributed by atoms with van der Waals surface area (Å²) in [6.07, 6.45) is 0. The highest BCUT2D eigenvalue weighted by Crippen LogP contribution is 2.34. The molecule has 0 bridgehead atoms. The molecule has 1 heterocycles. The number of aliphatic hydroxyl groups is 1. The molecule has 14 heavy (non-hydrogen) atoms. The molecule has 0 aliphatic carbocycles. The zero-order valence-electron chi connectivity index (χ0n) is 7.48. The van der Waals surface area contributed by atoms with Crippen LogP contribution < -0.4 is 0 Å². The van der Waals surface area contributed by atoms with E-state index in [4.69, 9.17) is 0 Å². The van der Waals surface area contributed by atoms with Crippen molar-refractivity contribution in [2.45, 2.75) is 11.8 Å². The van der Waals surface area contributed by atoms with Crippen LogP contribution in [0.5, 0.6) is 0 Å². The maximum absolute atomic E-state index is 11.7. The maximum atomic E-state index is 11.7. The zero-order valence-corrected chi connectivity index (χ0v) is 8.30. The lowest BCUT2D eigenvalue weighted by atomic mass is 10.1. The van der Waals surface area contributed by atoms with Crippen molar-refractivity contribution < 1.29 is 14.1 Å². The number of ketones is 1. The molecule has 1 aliphatic rings. The van der Waals surface area contributed by atoms with Crippen LogP contribution in [0.3, 0.4) is 0 Å². The summed E-state index contributed by atoms with van der Waals surface area (Å²) in [6, 6.07) is 6.76. The van der Waals surface area contributed by atoms with Crippen molar-refractivity contribution in [1.29, 1.82) is 0 Å². The van der Waals surface area contributed by atoms with Gasteiger partial charge in [0, 0.05) is 5.56 Å². The van der Waals surface area contributed by atoms with Gasteiger partial charge in [-0.05, 0) is 19.1 Å². The van der Waals surface area contributed by atoms with Crippen molar-refractivity contribution in [2.75, 3.05) is 0 Å². The Balaban J connectivity index is 2.69. The van der Waals surface area contributed by atoms with E-state index in [2.05, 4.69) is 0 Å². The Morgan fingerprint density at radius 3 is 2.57 bits per heavy atom. The van der Waals surface area contributed by atoms with E-state index in [-0.39, 0.29) is 16.4 Å². The summed E-state index contributed by atoms with van der Waals surface area (Å²) in [6.45, 7) is 1.30. The molecule has 2 rings (SSSR count). The Bertz CT molecular complexity index is 474. The van der Waals surface area contributed by atoms with Crippen molar-refractivity contribution in [2.24, 2.45) is 0 Å². The number of allylic oxidation sites excluding steroid dienone is 1. The van der Waals surface area contributed by atoms with E-state index < -0.39 is 10.8 Å². The molecular weight excluding hydrogens is 200 g/mol. The summed E-state index contributed by atoms with van der Waals surface area (Å²) in [7, 11) is -1.52. The topological polar surface area (TPSA) is 54.4 Å². The minimum Gasteiger partial charge on any atom is -0.506 e. The summed E-state index contributed by atoms with van der Waals surface area (Å²) >= 11 is 0. The van der Waals surface area contributed by atoms with Gasteiger partial charge in [-0.2, -0.15) is 0 Å². The first kappa shape index (κ1) is 9.15. The molecule has 0 amide bonds. The first-order valence-corrected chi connectivity index (χ1v) is 5.23. The molecule has 1 aromatic rings. The van der Waals surface area contributed by atoms with Crippen LogP contribution in [0.1, 0.15) is 12.5 Å². The fraction of sp³-hybridized carbons (Fsp3) is 0.100. The third-order valence-corrected chi connectivity index (χ3v) is 3.67. The van der Waals surface area contributed by atoms with Crippen LogP contribution >= 0.6 is 0 Å². The number of aliphatic hydroxyl groups excluding tert-OH is 1. The van der Waals surface area contributed by atoms with Gasteiger partial charge in [0.05, 0.1) is 15.7 Å². The van der Waals surface area contributed by atoms with Crippen molar-refractivity contribution in [3.63, 3.8) is 0 Å². The quantitative estimate of drug-likeness (QED) is 0.763. The Kier molecular flexibility index (Phi) is 2.00. The number of benzene rings is 1. The standard InChI is InChI=1S/C10H8O3S/c1-6(11)10-9(12)7-4-2-3-5-8(7)14(10)13/h2-5,12H,1H3. The molecule has 1 aromatic carbocycles. The molecule has 4 heteroatoms. The van der Waals surface area contributed by atoms with Gasteiger partial charge in [0.25, 0.3) is 0 Å². The second-order valence-electron chi connectivity index (χ2n) is 3.00. The SMILES string of the molecule is CC(=O)C1=C(O)c2ccccc2S1=O. The molecule has 1 N–H and O–H groups in total. The average molecular weight is 208 g/mol. The van der Waals surface area contributed by atoms with Crippen molar-refractivity contribution in [3.8, 4) is 0 Å². The van der Waals surface area contributed by atoms with Crippen molar-refractivity contribution in [3.05, 3.63) is 34.7 Å². The predicted octanol–water partition coefficient (Wildman–Crippen LogP) is 1.62. The van der Waals surface area contributed by atoms with E-state index in [0.717, 1.165) is 0 Å². The van der Waals surface area contributed by atoms with Gasteiger partial charge in [0.15, 0.2) is 5.78 Å². The fourth-order valence-electron chi connectivity index (χ4n) is 1.44. The molecule has 72 valence electrons.